The number of hydrogen-bond donors (Lipinski definition) is 0. The van der Waals surface area contributed by atoms with Gasteiger partial charge in [0, 0.05) is 11.5 Å². The molecular formula is C18H19NO3. The summed E-state index contributed by atoms with van der Waals surface area (Å²) in [5, 5.41) is 12.0. The molecule has 0 amide bonds. The Morgan fingerprint density at radius 2 is 1.86 bits per heavy atom. The van der Waals surface area contributed by atoms with Crippen molar-refractivity contribution >= 4 is 6.21 Å². The summed E-state index contributed by atoms with van der Waals surface area (Å²) in [6.45, 7) is 2.71. The van der Waals surface area contributed by atoms with E-state index >= 15 is 0 Å². The van der Waals surface area contributed by atoms with Crippen molar-refractivity contribution in [3.63, 3.8) is 0 Å². The quantitative estimate of drug-likeness (QED) is 0.368. The number of benzene rings is 2. The largest absolute Gasteiger partial charge is 0.624 e. The van der Waals surface area contributed by atoms with Crippen molar-refractivity contribution < 1.29 is 14.2 Å². The van der Waals surface area contributed by atoms with Crippen molar-refractivity contribution in [2.75, 3.05) is 6.79 Å². The van der Waals surface area contributed by atoms with Gasteiger partial charge in [0.25, 0.3) is 0 Å². The first-order valence-corrected chi connectivity index (χ1v) is 7.42. The third-order valence-electron chi connectivity index (χ3n) is 3.60. The molecule has 0 bridgehead atoms. The number of hydrogen-bond acceptors (Lipinski definition) is 3. The predicted octanol–water partition coefficient (Wildman–Crippen LogP) is 3.38. The van der Waals surface area contributed by atoms with Crippen LogP contribution in [0, 0.1) is 11.1 Å². The summed E-state index contributed by atoms with van der Waals surface area (Å²) < 4.78 is 11.7. The van der Waals surface area contributed by atoms with Crippen LogP contribution in [-0.4, -0.2) is 17.7 Å². The van der Waals surface area contributed by atoms with Gasteiger partial charge in [-0.15, -0.1) is 0 Å². The number of rotatable bonds is 5. The van der Waals surface area contributed by atoms with Crippen molar-refractivity contribution in [1.29, 1.82) is 0 Å². The maximum Gasteiger partial charge on any atom is 0.231 e. The third kappa shape index (κ3) is 3.58. The van der Waals surface area contributed by atoms with Gasteiger partial charge in [0.05, 0.1) is 0 Å². The van der Waals surface area contributed by atoms with E-state index in [0.717, 1.165) is 33.8 Å². The molecule has 1 heterocycles. The Morgan fingerprint density at radius 1 is 1.09 bits per heavy atom. The fourth-order valence-corrected chi connectivity index (χ4v) is 2.59. The highest BCUT2D eigenvalue weighted by Crippen LogP contribution is 2.32. The lowest BCUT2D eigenvalue weighted by molar-refractivity contribution is -0.472. The first-order chi connectivity index (χ1) is 10.7. The Kier molecular flexibility index (Phi) is 4.28. The predicted molar refractivity (Wildman–Crippen MR) is 85.3 cm³/mol. The van der Waals surface area contributed by atoms with E-state index in [-0.39, 0.29) is 12.7 Å². The zero-order chi connectivity index (χ0) is 15.4. The molecule has 22 heavy (non-hydrogen) atoms. The van der Waals surface area contributed by atoms with Crippen LogP contribution in [0.15, 0.2) is 48.5 Å². The second kappa shape index (κ2) is 6.52. The first kappa shape index (κ1) is 14.4. The fraction of sp³-hybridized carbons (Fsp3) is 0.278. The van der Waals surface area contributed by atoms with Crippen LogP contribution in [0.1, 0.15) is 18.1 Å². The third-order valence-corrected chi connectivity index (χ3v) is 3.60. The minimum absolute atomic E-state index is 0.154. The summed E-state index contributed by atoms with van der Waals surface area (Å²) >= 11 is 0. The molecule has 0 aromatic heterocycles. The number of fused-ring (bicyclic) bond motifs is 1. The average molecular weight is 297 g/mol. The molecule has 0 N–H and O–H groups in total. The van der Waals surface area contributed by atoms with E-state index in [1.54, 1.807) is 6.21 Å². The van der Waals surface area contributed by atoms with Gasteiger partial charge < -0.3 is 14.7 Å². The molecule has 0 spiro atoms. The summed E-state index contributed by atoms with van der Waals surface area (Å²) in [5.41, 5.74) is 2.16. The molecule has 1 aliphatic rings. The van der Waals surface area contributed by atoms with Crippen molar-refractivity contribution in [3.8, 4) is 11.5 Å². The van der Waals surface area contributed by atoms with E-state index in [0.29, 0.717) is 6.54 Å². The fourth-order valence-electron chi connectivity index (χ4n) is 2.59. The topological polar surface area (TPSA) is 44.5 Å². The zero-order valence-electron chi connectivity index (χ0n) is 12.6. The van der Waals surface area contributed by atoms with Crippen LogP contribution in [0.5, 0.6) is 11.5 Å². The number of ether oxygens (including phenoxy) is 2. The average Bonchev–Trinajstić information content (AvgIpc) is 2.95. The Bertz CT molecular complexity index is 667. The van der Waals surface area contributed by atoms with Gasteiger partial charge in [-0.2, -0.15) is 0 Å². The van der Waals surface area contributed by atoms with Crippen molar-refractivity contribution in [3.05, 3.63) is 64.9 Å². The van der Waals surface area contributed by atoms with Gasteiger partial charge >= 0.3 is 0 Å². The molecule has 0 saturated heterocycles. The van der Waals surface area contributed by atoms with E-state index in [2.05, 4.69) is 0 Å². The summed E-state index contributed by atoms with van der Waals surface area (Å²) in [6.07, 6.45) is 2.53. The lowest BCUT2D eigenvalue weighted by Crippen LogP contribution is -2.12. The molecule has 4 heteroatoms. The Balaban J connectivity index is 1.61. The van der Waals surface area contributed by atoms with Gasteiger partial charge in [-0.05, 0) is 24.1 Å². The van der Waals surface area contributed by atoms with Crippen LogP contribution in [0.4, 0.5) is 0 Å². The highest BCUT2D eigenvalue weighted by atomic mass is 16.7. The van der Waals surface area contributed by atoms with Crippen LogP contribution in [0.3, 0.4) is 0 Å². The minimum Gasteiger partial charge on any atom is -0.624 e. The van der Waals surface area contributed by atoms with Crippen LogP contribution in [0.2, 0.25) is 0 Å². The Morgan fingerprint density at radius 3 is 2.68 bits per heavy atom. The van der Waals surface area contributed by atoms with E-state index in [9.17, 15) is 5.21 Å². The normalized spacial score (nSPS) is 14.9. The Labute approximate surface area is 130 Å². The molecule has 1 aliphatic heterocycles. The maximum atomic E-state index is 12.0. The lowest BCUT2D eigenvalue weighted by Gasteiger charge is -2.09. The van der Waals surface area contributed by atoms with Gasteiger partial charge in [0.2, 0.25) is 6.79 Å². The monoisotopic (exact) mass is 297 g/mol. The second-order valence-electron chi connectivity index (χ2n) is 5.58. The first-order valence-electron chi connectivity index (χ1n) is 7.42. The van der Waals surface area contributed by atoms with Gasteiger partial charge in [-0.25, -0.2) is 4.74 Å². The van der Waals surface area contributed by atoms with Crippen LogP contribution < -0.4 is 9.47 Å². The Hall–Kier alpha value is -2.49. The van der Waals surface area contributed by atoms with Gasteiger partial charge in [-0.3, -0.25) is 0 Å². The number of nitrogens with zero attached hydrogens (tertiary/aromatic N) is 1. The molecule has 114 valence electrons. The molecule has 2 aromatic rings. The number of hydroxylamine groups is 1. The van der Waals surface area contributed by atoms with Gasteiger partial charge in [-0.1, -0.05) is 43.3 Å². The van der Waals surface area contributed by atoms with Crippen molar-refractivity contribution in [2.45, 2.75) is 19.9 Å². The van der Waals surface area contributed by atoms with Gasteiger partial charge in [0.15, 0.2) is 24.3 Å². The van der Waals surface area contributed by atoms with Crippen LogP contribution in [-0.2, 0) is 13.0 Å². The lowest BCUT2D eigenvalue weighted by atomic mass is 10.0. The highest BCUT2D eigenvalue weighted by Gasteiger charge is 2.14. The van der Waals surface area contributed by atoms with Crippen LogP contribution >= 0.6 is 0 Å². The molecule has 2 aromatic carbocycles. The SMILES string of the molecule is CC(C=[N+]([O-])Cc1ccccc1)Cc1ccc2c(c1)OCO2. The molecule has 0 radical (unpaired) electrons. The smallest absolute Gasteiger partial charge is 0.231 e. The summed E-state index contributed by atoms with van der Waals surface area (Å²) in [5.74, 6) is 1.73. The van der Waals surface area contributed by atoms with Gasteiger partial charge in [0.1, 0.15) is 0 Å². The highest BCUT2D eigenvalue weighted by molar-refractivity contribution is 5.56. The molecular weight excluding hydrogens is 278 g/mol. The van der Waals surface area contributed by atoms with E-state index in [1.165, 1.54) is 0 Å². The maximum absolute atomic E-state index is 12.0. The standard InChI is InChI=1S/C18H19NO3/c1-14(11-19(20)12-15-5-3-2-4-6-15)9-16-7-8-17-18(10-16)22-13-21-17/h2-8,10-11,14H,9,12-13H2,1H3. The molecule has 1 unspecified atom stereocenters. The molecule has 4 nitrogen and oxygen atoms in total. The molecule has 0 aliphatic carbocycles. The molecule has 0 saturated carbocycles. The minimum atomic E-state index is 0.154. The van der Waals surface area contributed by atoms with Crippen LogP contribution in [0.25, 0.3) is 0 Å². The van der Waals surface area contributed by atoms with E-state index < -0.39 is 0 Å². The van der Waals surface area contributed by atoms with Crippen molar-refractivity contribution in [2.24, 2.45) is 5.92 Å². The molecule has 1 atom stereocenters. The molecule has 0 fully saturated rings. The summed E-state index contributed by atoms with van der Waals surface area (Å²) in [6, 6.07) is 15.7. The second-order valence-corrected chi connectivity index (χ2v) is 5.58. The summed E-state index contributed by atoms with van der Waals surface area (Å²) in [7, 11) is 0. The summed E-state index contributed by atoms with van der Waals surface area (Å²) in [4.78, 5) is 0. The van der Waals surface area contributed by atoms with E-state index in [1.807, 2.05) is 55.5 Å². The van der Waals surface area contributed by atoms with E-state index in [4.69, 9.17) is 9.47 Å². The molecule has 3 rings (SSSR count). The zero-order valence-corrected chi connectivity index (χ0v) is 12.6. The van der Waals surface area contributed by atoms with Crippen molar-refractivity contribution in [1.82, 2.24) is 0 Å².